The van der Waals surface area contributed by atoms with Gasteiger partial charge < -0.3 is 5.11 Å². The molecule has 74 valence electrons. The monoisotopic (exact) mass is 262 g/mol. The molecular formula is C9H5BrF2O2. The van der Waals surface area contributed by atoms with Gasteiger partial charge in [0, 0.05) is 0 Å². The molecule has 2 nitrogen and oxygen atoms in total. The fraction of sp³-hybridized carbons (Fsp3) is 0. The zero-order chi connectivity index (χ0) is 10.7. The predicted octanol–water partition coefficient (Wildman–Crippen LogP) is 2.98. The summed E-state index contributed by atoms with van der Waals surface area (Å²) in [5.74, 6) is -3.42. The fourth-order valence-electron chi connectivity index (χ4n) is 0.810. The molecule has 0 aliphatic carbocycles. The SMILES string of the molecule is O=C(O)C(F)=Cc1ccc(F)c(Br)c1. The number of halogens is 3. The van der Waals surface area contributed by atoms with Crippen LogP contribution < -0.4 is 0 Å². The molecule has 0 amide bonds. The molecule has 1 N–H and O–H groups in total. The first-order chi connectivity index (χ1) is 6.50. The van der Waals surface area contributed by atoms with Crippen LogP contribution in [-0.2, 0) is 4.79 Å². The van der Waals surface area contributed by atoms with Crippen molar-refractivity contribution in [1.82, 2.24) is 0 Å². The second-order valence-corrected chi connectivity index (χ2v) is 3.33. The first-order valence-corrected chi connectivity index (χ1v) is 4.35. The van der Waals surface area contributed by atoms with Gasteiger partial charge in [-0.15, -0.1) is 0 Å². The largest absolute Gasteiger partial charge is 0.476 e. The van der Waals surface area contributed by atoms with Crippen LogP contribution >= 0.6 is 15.9 Å². The van der Waals surface area contributed by atoms with E-state index >= 15 is 0 Å². The number of benzene rings is 1. The normalized spacial score (nSPS) is 11.5. The number of rotatable bonds is 2. The van der Waals surface area contributed by atoms with Crippen molar-refractivity contribution < 1.29 is 18.7 Å². The zero-order valence-corrected chi connectivity index (χ0v) is 8.38. The molecule has 0 saturated heterocycles. The highest BCUT2D eigenvalue weighted by Crippen LogP contribution is 2.18. The molecule has 14 heavy (non-hydrogen) atoms. The summed E-state index contributed by atoms with van der Waals surface area (Å²) in [7, 11) is 0. The molecule has 0 saturated carbocycles. The maximum Gasteiger partial charge on any atom is 0.364 e. The van der Waals surface area contributed by atoms with E-state index in [0.717, 1.165) is 12.1 Å². The molecule has 0 aromatic heterocycles. The zero-order valence-electron chi connectivity index (χ0n) is 6.80. The predicted molar refractivity (Wildman–Crippen MR) is 50.8 cm³/mol. The van der Waals surface area contributed by atoms with Crippen molar-refractivity contribution in [3.63, 3.8) is 0 Å². The molecule has 0 spiro atoms. The number of hydrogen-bond donors (Lipinski definition) is 1. The Morgan fingerprint density at radius 3 is 2.64 bits per heavy atom. The molecule has 5 heteroatoms. The quantitative estimate of drug-likeness (QED) is 0.833. The van der Waals surface area contributed by atoms with Gasteiger partial charge in [0.15, 0.2) is 0 Å². The average molecular weight is 263 g/mol. The number of hydrogen-bond acceptors (Lipinski definition) is 1. The van der Waals surface area contributed by atoms with Crippen LogP contribution in [0, 0.1) is 5.82 Å². The molecule has 1 aromatic carbocycles. The average Bonchev–Trinajstić information content (AvgIpc) is 2.11. The van der Waals surface area contributed by atoms with Crippen LogP contribution in [0.3, 0.4) is 0 Å². The first kappa shape index (κ1) is 10.8. The van der Waals surface area contributed by atoms with Gasteiger partial charge in [-0.2, -0.15) is 4.39 Å². The molecule has 0 radical (unpaired) electrons. The van der Waals surface area contributed by atoms with Gasteiger partial charge in [-0.1, -0.05) is 6.07 Å². The van der Waals surface area contributed by atoms with Gasteiger partial charge in [0.2, 0.25) is 5.83 Å². The highest BCUT2D eigenvalue weighted by molar-refractivity contribution is 9.10. The molecule has 0 unspecified atom stereocenters. The maximum atomic E-state index is 12.7. The van der Waals surface area contributed by atoms with Gasteiger partial charge in [-0.3, -0.25) is 0 Å². The van der Waals surface area contributed by atoms with Crippen molar-refractivity contribution in [2.24, 2.45) is 0 Å². The summed E-state index contributed by atoms with van der Waals surface area (Å²) in [4.78, 5) is 10.1. The third-order valence-corrected chi connectivity index (χ3v) is 2.05. The third-order valence-electron chi connectivity index (χ3n) is 1.44. The van der Waals surface area contributed by atoms with Crippen LogP contribution in [0.2, 0.25) is 0 Å². The summed E-state index contributed by atoms with van der Waals surface area (Å²) < 4.78 is 25.5. The van der Waals surface area contributed by atoms with Crippen LogP contribution in [0.15, 0.2) is 28.5 Å². The van der Waals surface area contributed by atoms with E-state index in [9.17, 15) is 13.6 Å². The standard InChI is InChI=1S/C9H5BrF2O2/c10-6-3-5(1-2-7(6)11)4-8(12)9(13)14/h1-4H,(H,13,14). The van der Waals surface area contributed by atoms with Gasteiger partial charge in [-0.05, 0) is 39.7 Å². The van der Waals surface area contributed by atoms with E-state index in [1.54, 1.807) is 0 Å². The topological polar surface area (TPSA) is 37.3 Å². The molecular weight excluding hydrogens is 258 g/mol. The molecule has 1 rings (SSSR count). The van der Waals surface area contributed by atoms with E-state index in [1.807, 2.05) is 0 Å². The van der Waals surface area contributed by atoms with Gasteiger partial charge in [0.25, 0.3) is 0 Å². The molecule has 0 aliphatic rings. The molecule has 0 heterocycles. The molecule has 1 aromatic rings. The van der Waals surface area contributed by atoms with Crippen LogP contribution in [-0.4, -0.2) is 11.1 Å². The minimum Gasteiger partial charge on any atom is -0.476 e. The van der Waals surface area contributed by atoms with Crippen molar-refractivity contribution >= 4 is 28.0 Å². The summed E-state index contributed by atoms with van der Waals surface area (Å²) in [6, 6.07) is 3.69. The van der Waals surface area contributed by atoms with Crippen LogP contribution in [0.5, 0.6) is 0 Å². The van der Waals surface area contributed by atoms with Crippen molar-refractivity contribution in [2.75, 3.05) is 0 Å². The number of carboxylic acids is 1. The molecule has 0 bridgehead atoms. The second kappa shape index (κ2) is 4.32. The molecule has 0 atom stereocenters. The summed E-state index contributed by atoms with van der Waals surface area (Å²) in [6.07, 6.45) is 0.812. The van der Waals surface area contributed by atoms with Crippen LogP contribution in [0.1, 0.15) is 5.56 Å². The summed E-state index contributed by atoms with van der Waals surface area (Å²) >= 11 is 2.90. The van der Waals surface area contributed by atoms with Crippen molar-refractivity contribution in [1.29, 1.82) is 0 Å². The van der Waals surface area contributed by atoms with Gasteiger partial charge >= 0.3 is 5.97 Å². The highest BCUT2D eigenvalue weighted by Gasteiger charge is 2.06. The second-order valence-electron chi connectivity index (χ2n) is 2.47. The Labute approximate surface area is 87.0 Å². The van der Waals surface area contributed by atoms with Crippen molar-refractivity contribution in [3.8, 4) is 0 Å². The van der Waals surface area contributed by atoms with Crippen molar-refractivity contribution in [3.05, 3.63) is 39.9 Å². The van der Waals surface area contributed by atoms with E-state index in [4.69, 9.17) is 5.11 Å². The lowest BCUT2D eigenvalue weighted by atomic mass is 10.2. The first-order valence-electron chi connectivity index (χ1n) is 3.56. The van der Waals surface area contributed by atoms with Gasteiger partial charge in [0.05, 0.1) is 4.47 Å². The Morgan fingerprint density at radius 1 is 1.50 bits per heavy atom. The smallest absolute Gasteiger partial charge is 0.364 e. The Morgan fingerprint density at radius 2 is 2.14 bits per heavy atom. The third kappa shape index (κ3) is 2.63. The summed E-state index contributed by atoms with van der Waals surface area (Å²) in [5.41, 5.74) is 0.276. The summed E-state index contributed by atoms with van der Waals surface area (Å²) in [6.45, 7) is 0. The number of carbonyl (C=O) groups is 1. The fourth-order valence-corrected chi connectivity index (χ4v) is 1.21. The van der Waals surface area contributed by atoms with E-state index in [2.05, 4.69) is 15.9 Å². The highest BCUT2D eigenvalue weighted by atomic mass is 79.9. The lowest BCUT2D eigenvalue weighted by Crippen LogP contribution is -1.94. The Balaban J connectivity index is 3.04. The summed E-state index contributed by atoms with van der Waals surface area (Å²) in [5, 5.41) is 8.24. The minimum atomic E-state index is -1.65. The van der Waals surface area contributed by atoms with Crippen LogP contribution in [0.25, 0.3) is 6.08 Å². The van der Waals surface area contributed by atoms with E-state index < -0.39 is 17.6 Å². The maximum absolute atomic E-state index is 12.7. The van der Waals surface area contributed by atoms with Crippen molar-refractivity contribution in [2.45, 2.75) is 0 Å². The van der Waals surface area contributed by atoms with E-state index in [1.165, 1.54) is 12.1 Å². The number of aliphatic carboxylic acids is 1. The number of carboxylic acid groups (broad SMARTS) is 1. The lowest BCUT2D eigenvalue weighted by Gasteiger charge is -1.96. The van der Waals surface area contributed by atoms with Gasteiger partial charge in [0.1, 0.15) is 5.82 Å². The van der Waals surface area contributed by atoms with E-state index in [0.29, 0.717) is 0 Å². The van der Waals surface area contributed by atoms with E-state index in [-0.39, 0.29) is 10.0 Å². The van der Waals surface area contributed by atoms with Crippen LogP contribution in [0.4, 0.5) is 8.78 Å². The Bertz CT molecular complexity index is 402. The lowest BCUT2D eigenvalue weighted by molar-refractivity contribution is -0.134. The van der Waals surface area contributed by atoms with Gasteiger partial charge in [-0.25, -0.2) is 9.18 Å². The molecule has 0 fully saturated rings. The Hall–Kier alpha value is -1.23. The molecule has 0 aliphatic heterocycles. The Kier molecular flexibility index (Phi) is 3.35. The minimum absolute atomic E-state index is 0.157.